The van der Waals surface area contributed by atoms with Crippen LogP contribution in [-0.2, 0) is 19.4 Å². The van der Waals surface area contributed by atoms with Gasteiger partial charge in [0.1, 0.15) is 5.75 Å². The summed E-state index contributed by atoms with van der Waals surface area (Å²) in [6.45, 7) is 0.337. The summed E-state index contributed by atoms with van der Waals surface area (Å²) in [6, 6.07) is 30.4. The van der Waals surface area contributed by atoms with Crippen LogP contribution in [0.2, 0.25) is 0 Å². The Morgan fingerprint density at radius 2 is 1.65 bits per heavy atom. The Kier molecular flexibility index (Phi) is 10.2. The van der Waals surface area contributed by atoms with E-state index in [0.29, 0.717) is 35.6 Å². The van der Waals surface area contributed by atoms with Crippen LogP contribution in [0.4, 0.5) is 11.4 Å². The predicted molar refractivity (Wildman–Crippen MR) is 173 cm³/mol. The molecule has 236 valence electrons. The van der Waals surface area contributed by atoms with E-state index in [-0.39, 0.29) is 29.5 Å². The second kappa shape index (κ2) is 14.6. The average molecular weight is 641 g/mol. The van der Waals surface area contributed by atoms with Crippen molar-refractivity contribution in [1.29, 1.82) is 0 Å². The number of ether oxygens (including phenoxy) is 2. The Hall–Kier alpha value is -5.36. The van der Waals surface area contributed by atoms with Crippen molar-refractivity contribution >= 4 is 33.0 Å². The quantitative estimate of drug-likeness (QED) is 0.0524. The molecule has 3 N–H and O–H groups in total. The van der Waals surface area contributed by atoms with Crippen LogP contribution in [0.15, 0.2) is 124 Å². The lowest BCUT2D eigenvalue weighted by Crippen LogP contribution is -2.51. The number of amides is 1. The van der Waals surface area contributed by atoms with E-state index >= 15 is 0 Å². The normalized spacial score (nSPS) is 17.2. The number of azide groups is 1. The van der Waals surface area contributed by atoms with Crippen molar-refractivity contribution in [3.8, 4) is 5.75 Å². The maximum atomic E-state index is 14.3. The van der Waals surface area contributed by atoms with Crippen LogP contribution >= 0.6 is 0 Å². The molecule has 0 unspecified atom stereocenters. The van der Waals surface area contributed by atoms with Gasteiger partial charge in [-0.2, -0.15) is 0 Å². The van der Waals surface area contributed by atoms with Crippen LogP contribution in [0.25, 0.3) is 10.4 Å². The van der Waals surface area contributed by atoms with E-state index in [2.05, 4.69) is 20.9 Å². The molecule has 5 rings (SSSR count). The Bertz CT molecular complexity index is 1830. The zero-order chi connectivity index (χ0) is 32.4. The van der Waals surface area contributed by atoms with Crippen LogP contribution < -0.4 is 15.6 Å². The number of sulfone groups is 1. The standard InChI is InChI=1S/C33H32N6O6S/c34-39-37-29-15-8-7-14-28(29)30-33(32(41)38-36-25-10-3-1-4-11-25,20-23-46(42,43)27-12-5-2-6-13-27)35-31(45-30)24-16-18-26(19-17-24)44-22-9-21-40/h1-8,10-19,30,36,40H,9,20-23H2,(H,38,41)/t30-,33-/m0/s1. The second-order valence-corrected chi connectivity index (χ2v) is 12.5. The van der Waals surface area contributed by atoms with E-state index in [0.717, 1.165) is 0 Å². The van der Waals surface area contributed by atoms with Crippen molar-refractivity contribution in [3.05, 3.63) is 131 Å². The van der Waals surface area contributed by atoms with Gasteiger partial charge in [0, 0.05) is 41.2 Å². The number of hydrazine groups is 1. The number of nitrogens with zero attached hydrogens (tertiary/aromatic N) is 4. The molecule has 1 heterocycles. The molecule has 4 aromatic rings. The van der Waals surface area contributed by atoms with Crippen LogP contribution in [-0.4, -0.2) is 49.8 Å². The fourth-order valence-electron chi connectivity index (χ4n) is 4.99. The molecule has 0 fully saturated rings. The number of aliphatic hydroxyl groups excluding tert-OH is 1. The number of hydrogen-bond acceptors (Lipinski definition) is 9. The number of aliphatic imine (C=N–C) groups is 1. The molecule has 1 amide bonds. The summed E-state index contributed by atoms with van der Waals surface area (Å²) in [6.07, 6.45) is -0.967. The highest BCUT2D eigenvalue weighted by molar-refractivity contribution is 7.91. The van der Waals surface area contributed by atoms with E-state index in [1.165, 1.54) is 12.1 Å². The van der Waals surface area contributed by atoms with E-state index in [4.69, 9.17) is 19.6 Å². The van der Waals surface area contributed by atoms with Gasteiger partial charge in [0.2, 0.25) is 5.90 Å². The number of nitrogens with one attached hydrogen (secondary N) is 2. The molecule has 13 heteroatoms. The third-order valence-corrected chi connectivity index (χ3v) is 9.08. The van der Waals surface area contributed by atoms with Crippen LogP contribution in [0.5, 0.6) is 5.75 Å². The third-order valence-electron chi connectivity index (χ3n) is 7.35. The summed E-state index contributed by atoms with van der Waals surface area (Å²) in [4.78, 5) is 22.2. The Morgan fingerprint density at radius 1 is 0.978 bits per heavy atom. The Morgan fingerprint density at radius 3 is 2.35 bits per heavy atom. The molecular weight excluding hydrogens is 608 g/mol. The number of rotatable bonds is 14. The van der Waals surface area contributed by atoms with Crippen LogP contribution in [0.3, 0.4) is 0 Å². The minimum absolute atomic E-state index is 0.00467. The maximum Gasteiger partial charge on any atom is 0.270 e. The van der Waals surface area contributed by atoms with E-state index in [9.17, 15) is 18.7 Å². The first-order valence-electron chi connectivity index (χ1n) is 14.5. The zero-order valence-corrected chi connectivity index (χ0v) is 25.5. The minimum atomic E-state index is -3.85. The first-order valence-corrected chi connectivity index (χ1v) is 16.2. The summed E-state index contributed by atoms with van der Waals surface area (Å²) in [5.41, 5.74) is 14.7. The van der Waals surface area contributed by atoms with Gasteiger partial charge in [0.15, 0.2) is 21.5 Å². The summed E-state index contributed by atoms with van der Waals surface area (Å²) < 4.78 is 39.1. The molecule has 1 aliphatic rings. The molecule has 2 atom stereocenters. The third kappa shape index (κ3) is 7.29. The number of hydrogen-bond donors (Lipinski definition) is 3. The highest BCUT2D eigenvalue weighted by atomic mass is 32.2. The Labute approximate surface area is 266 Å². The Balaban J connectivity index is 1.59. The van der Waals surface area contributed by atoms with E-state index < -0.39 is 33.1 Å². The zero-order valence-electron chi connectivity index (χ0n) is 24.7. The van der Waals surface area contributed by atoms with Gasteiger partial charge in [-0.1, -0.05) is 65.8 Å². The molecule has 0 bridgehead atoms. The summed E-state index contributed by atoms with van der Waals surface area (Å²) in [7, 11) is -3.85. The SMILES string of the molecule is [N-]=[N+]=Nc1ccccc1[C@@H]1OC(c2ccc(OCCCO)cc2)=N[C@]1(CCS(=O)(=O)c1ccccc1)C(=O)NNc1ccccc1. The summed E-state index contributed by atoms with van der Waals surface area (Å²) in [5, 5.41) is 12.9. The number of carbonyl (C=O) groups excluding carboxylic acids is 1. The highest BCUT2D eigenvalue weighted by Gasteiger charge is 2.54. The summed E-state index contributed by atoms with van der Waals surface area (Å²) >= 11 is 0. The maximum absolute atomic E-state index is 14.3. The smallest absolute Gasteiger partial charge is 0.270 e. The average Bonchev–Trinajstić information content (AvgIpc) is 3.49. The number of carbonyl (C=O) groups is 1. The molecule has 0 radical (unpaired) electrons. The molecule has 0 aromatic heterocycles. The van der Waals surface area contributed by atoms with E-state index in [1.807, 2.05) is 6.07 Å². The molecule has 46 heavy (non-hydrogen) atoms. The van der Waals surface area contributed by atoms with Crippen molar-refractivity contribution < 1.29 is 27.8 Å². The number of benzene rings is 4. The largest absolute Gasteiger partial charge is 0.494 e. The highest BCUT2D eigenvalue weighted by Crippen LogP contribution is 2.46. The van der Waals surface area contributed by atoms with Gasteiger partial charge in [0.05, 0.1) is 22.9 Å². The lowest BCUT2D eigenvalue weighted by Gasteiger charge is -2.31. The van der Waals surface area contributed by atoms with Gasteiger partial charge < -0.3 is 14.6 Å². The molecule has 0 saturated heterocycles. The molecule has 0 aliphatic carbocycles. The molecule has 0 spiro atoms. The van der Waals surface area contributed by atoms with Crippen molar-refractivity contribution in [2.45, 2.75) is 29.4 Å². The number of para-hydroxylation sites is 1. The lowest BCUT2D eigenvalue weighted by atomic mass is 9.84. The van der Waals surface area contributed by atoms with Gasteiger partial charge >= 0.3 is 0 Å². The monoisotopic (exact) mass is 640 g/mol. The number of anilines is 1. The molecular formula is C33H32N6O6S. The molecule has 4 aromatic carbocycles. The predicted octanol–water partition coefficient (Wildman–Crippen LogP) is 5.65. The fourth-order valence-corrected chi connectivity index (χ4v) is 6.38. The molecule has 12 nitrogen and oxygen atoms in total. The van der Waals surface area contributed by atoms with Crippen LogP contribution in [0, 0.1) is 0 Å². The summed E-state index contributed by atoms with van der Waals surface area (Å²) in [5.74, 6) is -0.437. The van der Waals surface area contributed by atoms with Gasteiger partial charge in [-0.05, 0) is 54.1 Å². The molecule has 0 saturated carbocycles. The topological polar surface area (TPSA) is 175 Å². The van der Waals surface area contributed by atoms with Crippen LogP contribution in [0.1, 0.15) is 30.1 Å². The molecule has 1 aliphatic heterocycles. The van der Waals surface area contributed by atoms with Crippen molar-refractivity contribution in [1.82, 2.24) is 5.43 Å². The van der Waals surface area contributed by atoms with E-state index in [1.54, 1.807) is 91.0 Å². The van der Waals surface area contributed by atoms with Gasteiger partial charge in [-0.3, -0.25) is 15.6 Å². The lowest BCUT2D eigenvalue weighted by molar-refractivity contribution is -0.128. The van der Waals surface area contributed by atoms with Crippen molar-refractivity contribution in [3.63, 3.8) is 0 Å². The second-order valence-electron chi connectivity index (χ2n) is 10.4. The van der Waals surface area contributed by atoms with Gasteiger partial charge in [0.25, 0.3) is 5.91 Å². The van der Waals surface area contributed by atoms with Crippen molar-refractivity contribution in [2.24, 2.45) is 10.1 Å². The first-order chi connectivity index (χ1) is 22.4. The van der Waals surface area contributed by atoms with Gasteiger partial charge in [-0.15, -0.1) is 0 Å². The first kappa shape index (κ1) is 32.0. The fraction of sp³-hybridized carbons (Fsp3) is 0.212. The van der Waals surface area contributed by atoms with Gasteiger partial charge in [-0.25, -0.2) is 13.4 Å². The minimum Gasteiger partial charge on any atom is -0.494 e. The van der Waals surface area contributed by atoms with Crippen molar-refractivity contribution in [2.75, 3.05) is 24.4 Å². The number of aliphatic hydroxyl groups is 1.